The van der Waals surface area contributed by atoms with Crippen molar-refractivity contribution in [2.45, 2.75) is 76.2 Å². The number of amides is 1. The smallest absolute Gasteiger partial charge is 0.219 e. The molecule has 2 atom stereocenters. The number of benzene rings is 1. The van der Waals surface area contributed by atoms with Crippen LogP contribution in [-0.4, -0.2) is 42.1 Å². The maximum Gasteiger partial charge on any atom is 0.219 e. The monoisotopic (exact) mass is 362 g/mol. The lowest BCUT2D eigenvalue weighted by molar-refractivity contribution is -0.135. The van der Waals surface area contributed by atoms with E-state index < -0.39 is 6.67 Å². The van der Waals surface area contributed by atoms with E-state index >= 15 is 0 Å². The van der Waals surface area contributed by atoms with E-state index in [-0.39, 0.29) is 24.1 Å². The zero-order chi connectivity index (χ0) is 18.5. The van der Waals surface area contributed by atoms with Gasteiger partial charge in [-0.1, -0.05) is 24.3 Å². The van der Waals surface area contributed by atoms with Gasteiger partial charge in [0.1, 0.15) is 6.67 Å². The highest BCUT2D eigenvalue weighted by Gasteiger charge is 2.32. The van der Waals surface area contributed by atoms with Gasteiger partial charge in [0.25, 0.3) is 0 Å². The molecule has 0 spiro atoms. The molecule has 0 radical (unpaired) electrons. The standard InChI is InChI=1S/C21H31FN2O2/c1-15(25)24-11-3-6-20(23)21(24)14-26-19-9-7-17(8-10-19)18-5-2-4-16(12-18)13-22/h2,4-5,12,17,19-21H,3,6-11,13-14,23H2,1H3/t17?,19?,20-,21-/m0/s1. The van der Waals surface area contributed by atoms with Gasteiger partial charge in [-0.15, -0.1) is 0 Å². The lowest BCUT2D eigenvalue weighted by Crippen LogP contribution is -2.56. The second-order valence-electron chi connectivity index (χ2n) is 7.77. The third-order valence-corrected chi connectivity index (χ3v) is 5.99. The first-order valence-electron chi connectivity index (χ1n) is 9.87. The van der Waals surface area contributed by atoms with Crippen LogP contribution >= 0.6 is 0 Å². The van der Waals surface area contributed by atoms with Gasteiger partial charge < -0.3 is 15.4 Å². The van der Waals surface area contributed by atoms with Crippen molar-refractivity contribution in [3.63, 3.8) is 0 Å². The Balaban J connectivity index is 1.50. The van der Waals surface area contributed by atoms with Crippen LogP contribution in [0.4, 0.5) is 4.39 Å². The highest BCUT2D eigenvalue weighted by molar-refractivity contribution is 5.73. The molecule has 0 bridgehead atoms. The molecule has 3 rings (SSSR count). The first kappa shape index (κ1) is 19.3. The molecular weight excluding hydrogens is 331 g/mol. The van der Waals surface area contributed by atoms with Crippen molar-refractivity contribution in [2.75, 3.05) is 13.2 Å². The fourth-order valence-electron chi connectivity index (χ4n) is 4.42. The van der Waals surface area contributed by atoms with Crippen LogP contribution in [0.5, 0.6) is 0 Å². The van der Waals surface area contributed by atoms with Gasteiger partial charge in [-0.2, -0.15) is 0 Å². The number of nitrogens with zero attached hydrogens (tertiary/aromatic N) is 1. The maximum absolute atomic E-state index is 12.9. The number of halogens is 1. The summed E-state index contributed by atoms with van der Waals surface area (Å²) in [5.74, 6) is 0.581. The minimum atomic E-state index is -0.402. The fourth-order valence-corrected chi connectivity index (χ4v) is 4.42. The SMILES string of the molecule is CC(=O)N1CCC[C@H](N)[C@@H]1COC1CCC(c2cccc(CF)c2)CC1. The summed E-state index contributed by atoms with van der Waals surface area (Å²) in [6.45, 7) is 2.53. The Hall–Kier alpha value is -1.46. The van der Waals surface area contributed by atoms with Crippen molar-refractivity contribution >= 4 is 5.91 Å². The van der Waals surface area contributed by atoms with Crippen molar-refractivity contribution < 1.29 is 13.9 Å². The molecule has 1 aliphatic heterocycles. The van der Waals surface area contributed by atoms with Gasteiger partial charge in [-0.05, 0) is 55.6 Å². The van der Waals surface area contributed by atoms with Crippen molar-refractivity contribution in [3.05, 3.63) is 35.4 Å². The van der Waals surface area contributed by atoms with Gasteiger partial charge in [-0.25, -0.2) is 4.39 Å². The molecule has 1 heterocycles. The van der Waals surface area contributed by atoms with Gasteiger partial charge in [0.2, 0.25) is 5.91 Å². The second kappa shape index (κ2) is 8.96. The Kier molecular flexibility index (Phi) is 6.65. The third kappa shape index (κ3) is 4.63. The summed E-state index contributed by atoms with van der Waals surface area (Å²) in [5, 5.41) is 0. The summed E-state index contributed by atoms with van der Waals surface area (Å²) in [4.78, 5) is 13.7. The zero-order valence-corrected chi connectivity index (χ0v) is 15.7. The van der Waals surface area contributed by atoms with E-state index in [1.54, 1.807) is 6.92 Å². The average Bonchev–Trinajstić information content (AvgIpc) is 2.67. The summed E-state index contributed by atoms with van der Waals surface area (Å²) in [6, 6.07) is 7.90. The van der Waals surface area contributed by atoms with Crippen LogP contribution in [0.2, 0.25) is 0 Å². The number of carbonyl (C=O) groups is 1. The highest BCUT2D eigenvalue weighted by atomic mass is 19.1. The van der Waals surface area contributed by atoms with Crippen molar-refractivity contribution in [2.24, 2.45) is 5.73 Å². The lowest BCUT2D eigenvalue weighted by atomic mass is 9.82. The van der Waals surface area contributed by atoms with Crippen LogP contribution in [0.3, 0.4) is 0 Å². The van der Waals surface area contributed by atoms with Gasteiger partial charge in [0, 0.05) is 19.5 Å². The first-order chi connectivity index (χ1) is 12.6. The molecule has 4 nitrogen and oxygen atoms in total. The van der Waals surface area contributed by atoms with E-state index in [9.17, 15) is 9.18 Å². The third-order valence-electron chi connectivity index (χ3n) is 5.99. The van der Waals surface area contributed by atoms with Crippen LogP contribution < -0.4 is 5.73 Å². The number of rotatable bonds is 5. The molecule has 0 aromatic heterocycles. The van der Waals surface area contributed by atoms with Gasteiger partial charge >= 0.3 is 0 Å². The van der Waals surface area contributed by atoms with E-state index in [0.29, 0.717) is 12.5 Å². The van der Waals surface area contributed by atoms with E-state index in [0.717, 1.165) is 50.6 Å². The van der Waals surface area contributed by atoms with E-state index in [4.69, 9.17) is 10.5 Å². The summed E-state index contributed by atoms with van der Waals surface area (Å²) in [7, 11) is 0. The second-order valence-corrected chi connectivity index (χ2v) is 7.77. The van der Waals surface area contributed by atoms with Gasteiger partial charge in [0.05, 0.1) is 18.8 Å². The normalized spacial score (nSPS) is 29.6. The van der Waals surface area contributed by atoms with Crippen LogP contribution in [0.25, 0.3) is 0 Å². The number of hydrogen-bond acceptors (Lipinski definition) is 3. The molecular formula is C21H31FN2O2. The Labute approximate surface area is 155 Å². The molecule has 1 aromatic rings. The first-order valence-corrected chi connectivity index (χ1v) is 9.87. The molecule has 1 saturated heterocycles. The molecule has 1 amide bonds. The summed E-state index contributed by atoms with van der Waals surface area (Å²) >= 11 is 0. The van der Waals surface area contributed by atoms with E-state index in [2.05, 4.69) is 6.07 Å². The molecule has 144 valence electrons. The summed E-state index contributed by atoms with van der Waals surface area (Å²) in [5.41, 5.74) is 8.25. The molecule has 2 N–H and O–H groups in total. The highest BCUT2D eigenvalue weighted by Crippen LogP contribution is 2.34. The van der Waals surface area contributed by atoms with Crippen molar-refractivity contribution in [1.82, 2.24) is 4.90 Å². The molecule has 0 unspecified atom stereocenters. The van der Waals surface area contributed by atoms with E-state index in [1.807, 2.05) is 23.1 Å². The maximum atomic E-state index is 12.9. The van der Waals surface area contributed by atoms with Gasteiger partial charge in [0.15, 0.2) is 0 Å². The molecule has 1 aliphatic carbocycles. The Morgan fingerprint density at radius 2 is 2.04 bits per heavy atom. The topological polar surface area (TPSA) is 55.6 Å². The van der Waals surface area contributed by atoms with Crippen LogP contribution in [0.15, 0.2) is 24.3 Å². The summed E-state index contributed by atoms with van der Waals surface area (Å²) in [6.07, 6.45) is 6.30. The van der Waals surface area contributed by atoms with Crippen molar-refractivity contribution in [1.29, 1.82) is 0 Å². The number of likely N-dealkylation sites (tertiary alicyclic amines) is 1. The largest absolute Gasteiger partial charge is 0.376 e. The predicted octanol–water partition coefficient (Wildman–Crippen LogP) is 3.54. The predicted molar refractivity (Wildman–Crippen MR) is 101 cm³/mol. The number of hydrogen-bond donors (Lipinski definition) is 1. The molecule has 5 heteroatoms. The number of alkyl halides is 1. The van der Waals surface area contributed by atoms with Crippen LogP contribution in [-0.2, 0) is 16.2 Å². The quantitative estimate of drug-likeness (QED) is 0.872. The molecule has 1 aromatic carbocycles. The molecule has 1 saturated carbocycles. The molecule has 2 aliphatic rings. The molecule has 26 heavy (non-hydrogen) atoms. The van der Waals surface area contributed by atoms with Crippen molar-refractivity contribution in [3.8, 4) is 0 Å². The fraction of sp³-hybridized carbons (Fsp3) is 0.667. The Morgan fingerprint density at radius 3 is 2.73 bits per heavy atom. The minimum absolute atomic E-state index is 0.000194. The minimum Gasteiger partial charge on any atom is -0.376 e. The summed E-state index contributed by atoms with van der Waals surface area (Å²) < 4.78 is 19.0. The number of ether oxygens (including phenoxy) is 1. The van der Waals surface area contributed by atoms with E-state index in [1.165, 1.54) is 5.56 Å². The molecule has 2 fully saturated rings. The number of nitrogens with two attached hydrogens (primary N) is 1. The van der Waals surface area contributed by atoms with Crippen LogP contribution in [0, 0.1) is 0 Å². The van der Waals surface area contributed by atoms with Crippen LogP contribution in [0.1, 0.15) is 62.5 Å². The van der Waals surface area contributed by atoms with Gasteiger partial charge in [-0.3, -0.25) is 4.79 Å². The Morgan fingerprint density at radius 1 is 1.27 bits per heavy atom. The lowest BCUT2D eigenvalue weighted by Gasteiger charge is -2.40. The number of carbonyl (C=O) groups excluding carboxylic acids is 1. The zero-order valence-electron chi connectivity index (χ0n) is 15.7. The number of piperidine rings is 1. The average molecular weight is 362 g/mol. The Bertz CT molecular complexity index is 601.